The van der Waals surface area contributed by atoms with Gasteiger partial charge in [0, 0.05) is 31.5 Å². The van der Waals surface area contributed by atoms with Crippen molar-refractivity contribution in [3.63, 3.8) is 0 Å². The number of hydrogen-bond acceptors (Lipinski definition) is 6. The number of ketones is 1. The summed E-state index contributed by atoms with van der Waals surface area (Å²) in [4.78, 5) is 30.3. The van der Waals surface area contributed by atoms with Crippen molar-refractivity contribution in [1.29, 1.82) is 0 Å². The Labute approximate surface area is 215 Å². The molecule has 8 heteroatoms. The molecule has 4 rings (SSSR count). The predicted octanol–water partition coefficient (Wildman–Crippen LogP) is 5.36. The molecule has 7 nitrogen and oxygen atoms in total. The maximum Gasteiger partial charge on any atom is 0.300 e. The Morgan fingerprint density at radius 1 is 0.972 bits per heavy atom. The van der Waals surface area contributed by atoms with Crippen molar-refractivity contribution >= 4 is 40.4 Å². The fourth-order valence-corrected chi connectivity index (χ4v) is 4.61. The van der Waals surface area contributed by atoms with Gasteiger partial charge in [-0.05, 0) is 42.3 Å². The minimum Gasteiger partial charge on any atom is -0.507 e. The van der Waals surface area contributed by atoms with Crippen molar-refractivity contribution in [2.24, 2.45) is 0 Å². The fourth-order valence-electron chi connectivity index (χ4n) is 4.38. The van der Waals surface area contributed by atoms with E-state index >= 15 is 0 Å². The number of anilines is 2. The Bertz CT molecular complexity index is 1360. The van der Waals surface area contributed by atoms with Crippen molar-refractivity contribution in [1.82, 2.24) is 0 Å². The first-order chi connectivity index (χ1) is 17.2. The molecule has 1 aliphatic rings. The lowest BCUT2D eigenvalue weighted by Gasteiger charge is -2.27. The van der Waals surface area contributed by atoms with Crippen LogP contribution in [0.4, 0.5) is 11.4 Å². The lowest BCUT2D eigenvalue weighted by atomic mass is 9.94. The zero-order valence-corrected chi connectivity index (χ0v) is 21.5. The molecular weight excluding hydrogens is 480 g/mol. The van der Waals surface area contributed by atoms with E-state index < -0.39 is 17.7 Å². The van der Waals surface area contributed by atoms with Crippen LogP contribution in [0, 0.1) is 6.92 Å². The molecule has 3 aromatic carbocycles. The quantitative estimate of drug-likeness (QED) is 0.275. The molecule has 1 saturated heterocycles. The lowest BCUT2D eigenvalue weighted by molar-refractivity contribution is -0.132. The molecular formula is C28H27ClN2O5. The molecule has 3 aromatic rings. The summed E-state index contributed by atoms with van der Waals surface area (Å²) in [6.07, 6.45) is 0. The summed E-state index contributed by atoms with van der Waals surface area (Å²) >= 11 is 6.25. The van der Waals surface area contributed by atoms with Gasteiger partial charge in [-0.1, -0.05) is 41.9 Å². The van der Waals surface area contributed by atoms with Crippen molar-refractivity contribution in [2.75, 3.05) is 38.1 Å². The molecule has 1 atom stereocenters. The summed E-state index contributed by atoms with van der Waals surface area (Å²) in [5, 5.41) is 11.8. The third-order valence-corrected chi connectivity index (χ3v) is 6.57. The number of amides is 1. The highest BCUT2D eigenvalue weighted by Gasteiger charge is 2.47. The van der Waals surface area contributed by atoms with Crippen molar-refractivity contribution < 1.29 is 24.2 Å². The maximum atomic E-state index is 13.5. The summed E-state index contributed by atoms with van der Waals surface area (Å²) in [5.74, 6) is -1.38. The number of nitrogens with zero attached hydrogens (tertiary/aromatic N) is 2. The first kappa shape index (κ1) is 25.1. The van der Waals surface area contributed by atoms with Crippen LogP contribution in [0.25, 0.3) is 5.76 Å². The van der Waals surface area contributed by atoms with E-state index in [4.69, 9.17) is 21.1 Å². The van der Waals surface area contributed by atoms with Crippen LogP contribution >= 0.6 is 11.6 Å². The van der Waals surface area contributed by atoms with E-state index in [2.05, 4.69) is 0 Å². The van der Waals surface area contributed by atoms with Gasteiger partial charge in [0.15, 0.2) is 0 Å². The van der Waals surface area contributed by atoms with E-state index in [1.807, 2.05) is 62.3 Å². The van der Waals surface area contributed by atoms with Crippen LogP contribution in [0.5, 0.6) is 11.5 Å². The first-order valence-corrected chi connectivity index (χ1v) is 11.6. The van der Waals surface area contributed by atoms with Crippen LogP contribution in [-0.2, 0) is 9.59 Å². The van der Waals surface area contributed by atoms with Gasteiger partial charge in [0.05, 0.1) is 36.4 Å². The third-order valence-electron chi connectivity index (χ3n) is 6.27. The minimum atomic E-state index is -0.867. The monoisotopic (exact) mass is 506 g/mol. The number of ether oxygens (including phenoxy) is 2. The summed E-state index contributed by atoms with van der Waals surface area (Å²) in [5.41, 5.74) is 3.17. The largest absolute Gasteiger partial charge is 0.507 e. The standard InChI is InChI=1S/C28H27ClN2O5/c1-16-8-6-7-9-21(16)31-25(17-10-12-18(13-11-17)30(2)3)24(27(33)28(31)34)26(32)19-14-23(36-5)20(29)15-22(19)35-4/h6-15,25,32H,1-5H3/b26-24+. The second kappa shape index (κ2) is 9.95. The number of Topliss-reactive ketones (excluding diaryl/α,β-unsaturated/α-hetero) is 1. The normalized spacial score (nSPS) is 16.8. The van der Waals surface area contributed by atoms with Crippen LogP contribution in [-0.4, -0.2) is 45.1 Å². The average molecular weight is 507 g/mol. The molecule has 0 spiro atoms. The second-order valence-electron chi connectivity index (χ2n) is 8.63. The van der Waals surface area contributed by atoms with Gasteiger partial charge in [0.1, 0.15) is 17.3 Å². The molecule has 1 amide bonds. The highest BCUT2D eigenvalue weighted by Crippen LogP contribution is 2.45. The highest BCUT2D eigenvalue weighted by atomic mass is 35.5. The zero-order valence-electron chi connectivity index (χ0n) is 20.7. The van der Waals surface area contributed by atoms with Crippen LogP contribution in [0.1, 0.15) is 22.7 Å². The van der Waals surface area contributed by atoms with Crippen LogP contribution in [0.2, 0.25) is 5.02 Å². The number of carbonyl (C=O) groups is 2. The van der Waals surface area contributed by atoms with Crippen LogP contribution in [0.15, 0.2) is 66.2 Å². The SMILES string of the molecule is COc1cc(/C(O)=C2\C(=O)C(=O)N(c3ccccc3C)C2c2ccc(N(C)C)cc2)c(OC)cc1Cl. The Balaban J connectivity index is 2.00. The van der Waals surface area contributed by atoms with Crippen molar-refractivity contribution in [2.45, 2.75) is 13.0 Å². The molecule has 1 fully saturated rings. The maximum absolute atomic E-state index is 13.5. The number of methoxy groups -OCH3 is 2. The smallest absolute Gasteiger partial charge is 0.300 e. The van der Waals surface area contributed by atoms with Crippen LogP contribution in [0.3, 0.4) is 0 Å². The topological polar surface area (TPSA) is 79.3 Å². The van der Waals surface area contributed by atoms with Gasteiger partial charge in [0.2, 0.25) is 0 Å². The molecule has 0 bridgehead atoms. The molecule has 1 aliphatic heterocycles. The van der Waals surface area contributed by atoms with Gasteiger partial charge in [-0.2, -0.15) is 0 Å². The van der Waals surface area contributed by atoms with Gasteiger partial charge in [-0.15, -0.1) is 0 Å². The number of hydrogen-bond donors (Lipinski definition) is 1. The van der Waals surface area contributed by atoms with Gasteiger partial charge in [-0.25, -0.2) is 0 Å². The molecule has 0 saturated carbocycles. The summed E-state index contributed by atoms with van der Waals surface area (Å²) in [6.45, 7) is 1.87. The highest BCUT2D eigenvalue weighted by molar-refractivity contribution is 6.51. The van der Waals surface area contributed by atoms with E-state index in [1.165, 1.54) is 31.3 Å². The number of carbonyl (C=O) groups excluding carboxylic acids is 2. The summed E-state index contributed by atoms with van der Waals surface area (Å²) in [6, 6.07) is 16.9. The number of halogens is 1. The Morgan fingerprint density at radius 3 is 2.19 bits per heavy atom. The Kier molecular flexibility index (Phi) is 6.95. The number of para-hydroxylation sites is 1. The predicted molar refractivity (Wildman–Crippen MR) is 141 cm³/mol. The molecule has 36 heavy (non-hydrogen) atoms. The minimum absolute atomic E-state index is 0.0523. The summed E-state index contributed by atoms with van der Waals surface area (Å²) < 4.78 is 10.7. The third kappa shape index (κ3) is 4.27. The van der Waals surface area contributed by atoms with E-state index in [9.17, 15) is 14.7 Å². The number of aryl methyl sites for hydroxylation is 1. The van der Waals surface area contributed by atoms with Crippen LogP contribution < -0.4 is 19.3 Å². The molecule has 1 heterocycles. The summed E-state index contributed by atoms with van der Waals surface area (Å²) in [7, 11) is 6.72. The zero-order chi connectivity index (χ0) is 26.1. The van der Waals surface area contributed by atoms with Crippen molar-refractivity contribution in [3.05, 3.63) is 87.9 Å². The molecule has 1 N–H and O–H groups in total. The molecule has 0 aliphatic carbocycles. The van der Waals surface area contributed by atoms with Gasteiger partial charge in [0.25, 0.3) is 11.7 Å². The molecule has 0 aromatic heterocycles. The van der Waals surface area contributed by atoms with E-state index in [-0.39, 0.29) is 27.7 Å². The van der Waals surface area contributed by atoms with E-state index in [1.54, 1.807) is 12.1 Å². The van der Waals surface area contributed by atoms with Gasteiger partial charge < -0.3 is 19.5 Å². The molecule has 0 radical (unpaired) electrons. The number of aliphatic hydroxyl groups is 1. The average Bonchev–Trinajstić information content (AvgIpc) is 3.13. The number of aliphatic hydroxyl groups excluding tert-OH is 1. The molecule has 186 valence electrons. The fraction of sp³-hybridized carbons (Fsp3) is 0.214. The van der Waals surface area contributed by atoms with E-state index in [0.29, 0.717) is 17.0 Å². The number of benzene rings is 3. The second-order valence-corrected chi connectivity index (χ2v) is 9.04. The number of rotatable bonds is 6. The Morgan fingerprint density at radius 2 is 1.61 bits per heavy atom. The lowest BCUT2D eigenvalue weighted by Crippen LogP contribution is -2.30. The van der Waals surface area contributed by atoms with Gasteiger partial charge >= 0.3 is 0 Å². The first-order valence-electron chi connectivity index (χ1n) is 11.2. The molecule has 1 unspecified atom stereocenters. The van der Waals surface area contributed by atoms with Crippen molar-refractivity contribution in [3.8, 4) is 11.5 Å². The van der Waals surface area contributed by atoms with Gasteiger partial charge in [-0.3, -0.25) is 14.5 Å². The van der Waals surface area contributed by atoms with E-state index in [0.717, 1.165) is 11.3 Å². The Hall–Kier alpha value is -3.97.